The van der Waals surface area contributed by atoms with Gasteiger partial charge in [0.05, 0.1) is 10.8 Å². The zero-order valence-corrected chi connectivity index (χ0v) is 14.5. The molecular weight excluding hydrogens is 278 g/mol. The fourth-order valence-electron chi connectivity index (χ4n) is 3.21. The van der Waals surface area contributed by atoms with Crippen LogP contribution in [0, 0.1) is 19.8 Å². The van der Waals surface area contributed by atoms with Gasteiger partial charge in [0.15, 0.2) is 0 Å². The molecule has 3 unspecified atom stereocenters. The van der Waals surface area contributed by atoms with Crippen LogP contribution in [0.1, 0.15) is 50.2 Å². The maximum Gasteiger partial charge on any atom is 0.0529 e. The largest absolute Gasteiger partial charge is 0.314 e. The second-order valence-electron chi connectivity index (χ2n) is 6.34. The molecule has 21 heavy (non-hydrogen) atoms. The van der Waals surface area contributed by atoms with Gasteiger partial charge in [0, 0.05) is 16.7 Å². The van der Waals surface area contributed by atoms with Gasteiger partial charge in [0.2, 0.25) is 0 Å². The quantitative estimate of drug-likeness (QED) is 0.826. The number of rotatable bonds is 7. The van der Waals surface area contributed by atoms with Gasteiger partial charge in [-0.05, 0) is 75.3 Å². The standard InChI is InChI=1S/C18H29NOS/c1-4-11-19-18-7-5-6-16(18)10-12-21(20)17-9-8-14(2)15(3)13-17/h8-9,13,16,18-19H,4-7,10-12H2,1-3H3. The molecule has 1 aromatic rings. The highest BCUT2D eigenvalue weighted by Crippen LogP contribution is 2.29. The molecule has 1 fully saturated rings. The molecule has 1 saturated carbocycles. The van der Waals surface area contributed by atoms with Crippen molar-refractivity contribution in [1.82, 2.24) is 5.32 Å². The summed E-state index contributed by atoms with van der Waals surface area (Å²) in [6, 6.07) is 6.86. The Morgan fingerprint density at radius 2 is 2.05 bits per heavy atom. The second-order valence-corrected chi connectivity index (χ2v) is 7.91. The molecule has 2 nitrogen and oxygen atoms in total. The Kier molecular flexibility index (Phi) is 6.43. The van der Waals surface area contributed by atoms with Crippen molar-refractivity contribution in [2.45, 2.75) is 63.8 Å². The van der Waals surface area contributed by atoms with Gasteiger partial charge >= 0.3 is 0 Å². The van der Waals surface area contributed by atoms with Gasteiger partial charge in [0.25, 0.3) is 0 Å². The molecule has 1 aliphatic rings. The highest BCUT2D eigenvalue weighted by atomic mass is 32.2. The molecule has 0 heterocycles. The summed E-state index contributed by atoms with van der Waals surface area (Å²) < 4.78 is 12.5. The van der Waals surface area contributed by atoms with Crippen LogP contribution in [0.2, 0.25) is 0 Å². The summed E-state index contributed by atoms with van der Waals surface area (Å²) >= 11 is 0. The Morgan fingerprint density at radius 3 is 2.76 bits per heavy atom. The average Bonchev–Trinajstić information content (AvgIpc) is 2.92. The van der Waals surface area contributed by atoms with E-state index in [0.717, 1.165) is 23.6 Å². The predicted molar refractivity (Wildman–Crippen MR) is 91.2 cm³/mol. The van der Waals surface area contributed by atoms with Crippen molar-refractivity contribution in [1.29, 1.82) is 0 Å². The monoisotopic (exact) mass is 307 g/mol. The summed E-state index contributed by atoms with van der Waals surface area (Å²) in [5.74, 6) is 1.52. The number of aryl methyl sites for hydroxylation is 2. The molecule has 3 atom stereocenters. The second kappa shape index (κ2) is 8.09. The highest BCUT2D eigenvalue weighted by Gasteiger charge is 2.26. The van der Waals surface area contributed by atoms with E-state index in [1.165, 1.54) is 36.8 Å². The summed E-state index contributed by atoms with van der Waals surface area (Å²) in [5.41, 5.74) is 2.51. The van der Waals surface area contributed by atoms with Crippen LogP contribution in [-0.4, -0.2) is 22.5 Å². The lowest BCUT2D eigenvalue weighted by molar-refractivity contribution is 0.393. The Hall–Kier alpha value is -0.670. The number of benzene rings is 1. The van der Waals surface area contributed by atoms with Crippen molar-refractivity contribution in [2.24, 2.45) is 5.92 Å². The van der Waals surface area contributed by atoms with Crippen molar-refractivity contribution in [3.63, 3.8) is 0 Å². The summed E-state index contributed by atoms with van der Waals surface area (Å²) in [4.78, 5) is 0.995. The van der Waals surface area contributed by atoms with E-state index in [2.05, 4.69) is 38.2 Å². The van der Waals surface area contributed by atoms with Crippen LogP contribution in [0.3, 0.4) is 0 Å². The van der Waals surface area contributed by atoms with E-state index in [9.17, 15) is 4.21 Å². The van der Waals surface area contributed by atoms with E-state index in [-0.39, 0.29) is 0 Å². The van der Waals surface area contributed by atoms with Gasteiger partial charge in [-0.15, -0.1) is 0 Å². The normalized spacial score (nSPS) is 23.4. The van der Waals surface area contributed by atoms with Crippen LogP contribution in [-0.2, 0) is 10.8 Å². The number of hydrogen-bond acceptors (Lipinski definition) is 2. The van der Waals surface area contributed by atoms with E-state index in [4.69, 9.17) is 0 Å². The third-order valence-electron chi connectivity index (χ3n) is 4.73. The van der Waals surface area contributed by atoms with E-state index >= 15 is 0 Å². The highest BCUT2D eigenvalue weighted by molar-refractivity contribution is 7.85. The lowest BCUT2D eigenvalue weighted by Gasteiger charge is -2.20. The van der Waals surface area contributed by atoms with Gasteiger partial charge < -0.3 is 5.32 Å². The van der Waals surface area contributed by atoms with Crippen molar-refractivity contribution < 1.29 is 4.21 Å². The lowest BCUT2D eigenvalue weighted by Crippen LogP contribution is -2.33. The summed E-state index contributed by atoms with van der Waals surface area (Å²) in [7, 11) is -0.846. The van der Waals surface area contributed by atoms with Gasteiger partial charge in [-0.3, -0.25) is 4.21 Å². The third kappa shape index (κ3) is 4.65. The van der Waals surface area contributed by atoms with Gasteiger partial charge in [-0.2, -0.15) is 0 Å². The van der Waals surface area contributed by atoms with E-state index in [1.54, 1.807) is 0 Å². The molecule has 1 N–H and O–H groups in total. The first-order valence-corrected chi connectivity index (χ1v) is 9.62. The topological polar surface area (TPSA) is 29.1 Å². The van der Waals surface area contributed by atoms with Crippen LogP contribution in [0.25, 0.3) is 0 Å². The van der Waals surface area contributed by atoms with Crippen LogP contribution >= 0.6 is 0 Å². The molecular formula is C18H29NOS. The molecule has 1 aromatic carbocycles. The number of nitrogens with one attached hydrogen (secondary N) is 1. The molecule has 3 heteroatoms. The molecule has 0 spiro atoms. The van der Waals surface area contributed by atoms with Crippen LogP contribution in [0.5, 0.6) is 0 Å². The minimum atomic E-state index is -0.846. The molecule has 2 rings (SSSR count). The molecule has 0 amide bonds. The first-order chi connectivity index (χ1) is 10.1. The molecule has 0 bridgehead atoms. The SMILES string of the molecule is CCCNC1CCCC1CCS(=O)c1ccc(C)c(C)c1. The molecule has 1 aliphatic carbocycles. The van der Waals surface area contributed by atoms with Crippen LogP contribution in [0.15, 0.2) is 23.1 Å². The fourth-order valence-corrected chi connectivity index (χ4v) is 4.49. The first-order valence-electron chi connectivity index (χ1n) is 8.30. The smallest absolute Gasteiger partial charge is 0.0529 e. The van der Waals surface area contributed by atoms with Crippen molar-refractivity contribution in [2.75, 3.05) is 12.3 Å². The maximum atomic E-state index is 12.5. The van der Waals surface area contributed by atoms with Gasteiger partial charge in [-0.25, -0.2) is 0 Å². The van der Waals surface area contributed by atoms with Gasteiger partial charge in [0.1, 0.15) is 0 Å². The van der Waals surface area contributed by atoms with Crippen LogP contribution < -0.4 is 5.32 Å². The molecule has 0 radical (unpaired) electrons. The Morgan fingerprint density at radius 1 is 1.24 bits per heavy atom. The minimum Gasteiger partial charge on any atom is -0.314 e. The van der Waals surface area contributed by atoms with E-state index in [1.807, 2.05) is 6.07 Å². The van der Waals surface area contributed by atoms with Crippen LogP contribution in [0.4, 0.5) is 0 Å². The zero-order chi connectivity index (χ0) is 15.2. The third-order valence-corrected chi connectivity index (χ3v) is 6.12. The minimum absolute atomic E-state index is 0.654. The maximum absolute atomic E-state index is 12.5. The predicted octanol–water partition coefficient (Wildman–Crippen LogP) is 3.97. The fraction of sp³-hybridized carbons (Fsp3) is 0.667. The summed E-state index contributed by atoms with van der Waals surface area (Å²) in [6.07, 6.45) is 6.19. The average molecular weight is 308 g/mol. The van der Waals surface area contributed by atoms with Crippen molar-refractivity contribution in [3.8, 4) is 0 Å². The summed E-state index contributed by atoms with van der Waals surface area (Å²) in [6.45, 7) is 7.52. The molecule has 118 valence electrons. The van der Waals surface area contributed by atoms with Gasteiger partial charge in [-0.1, -0.05) is 19.4 Å². The van der Waals surface area contributed by atoms with E-state index in [0.29, 0.717) is 12.0 Å². The molecule has 0 saturated heterocycles. The molecule has 0 aromatic heterocycles. The number of hydrogen-bond donors (Lipinski definition) is 1. The van der Waals surface area contributed by atoms with Crippen molar-refractivity contribution in [3.05, 3.63) is 29.3 Å². The first kappa shape index (κ1) is 16.7. The van der Waals surface area contributed by atoms with E-state index < -0.39 is 10.8 Å². The molecule has 0 aliphatic heterocycles. The van der Waals surface area contributed by atoms with Crippen molar-refractivity contribution >= 4 is 10.8 Å². The Bertz CT molecular complexity index is 486. The Balaban J connectivity index is 1.86. The summed E-state index contributed by atoms with van der Waals surface area (Å²) in [5, 5.41) is 3.66. The lowest BCUT2D eigenvalue weighted by atomic mass is 10.0. The zero-order valence-electron chi connectivity index (χ0n) is 13.7. The Labute approximate surface area is 132 Å².